The lowest BCUT2D eigenvalue weighted by Gasteiger charge is -2.07. The third-order valence-corrected chi connectivity index (χ3v) is 3.73. The normalized spacial score (nSPS) is 17.1. The summed E-state index contributed by atoms with van der Waals surface area (Å²) in [6.45, 7) is 2.20. The Morgan fingerprint density at radius 1 is 1.38 bits per heavy atom. The highest BCUT2D eigenvalue weighted by molar-refractivity contribution is 5.43. The Hall–Kier alpha value is -0.990. The van der Waals surface area contributed by atoms with Crippen molar-refractivity contribution in [1.29, 1.82) is 0 Å². The van der Waals surface area contributed by atoms with Crippen LogP contribution in [0.5, 0.6) is 0 Å². The zero-order valence-electron chi connectivity index (χ0n) is 10.5. The minimum atomic E-state index is 0.852. The number of nitrogens with zero attached hydrogens (tertiary/aromatic N) is 2. The zero-order valence-corrected chi connectivity index (χ0v) is 10.5. The highest BCUT2D eigenvalue weighted by Gasteiger charge is 2.20. The Morgan fingerprint density at radius 2 is 2.06 bits per heavy atom. The standard InChI is InChI=1S/C13H23N3/c1-3-6-11-12(15-16(2)13(11)14)9-10-7-4-5-8-10/h10H,3-9,14H2,1-2H3. The SMILES string of the molecule is CCCc1c(CC2CCCC2)nn(C)c1N. The van der Waals surface area contributed by atoms with Crippen LogP contribution in [0.3, 0.4) is 0 Å². The summed E-state index contributed by atoms with van der Waals surface area (Å²) in [6, 6.07) is 0. The molecule has 0 unspecified atom stereocenters. The summed E-state index contributed by atoms with van der Waals surface area (Å²) < 4.78 is 1.84. The van der Waals surface area contributed by atoms with Gasteiger partial charge in [-0.05, 0) is 18.8 Å². The molecular weight excluding hydrogens is 198 g/mol. The molecule has 2 rings (SSSR count). The van der Waals surface area contributed by atoms with Crippen molar-refractivity contribution >= 4 is 5.82 Å². The van der Waals surface area contributed by atoms with Crippen molar-refractivity contribution in [3.8, 4) is 0 Å². The first-order chi connectivity index (χ1) is 7.72. The molecule has 1 heterocycles. The minimum Gasteiger partial charge on any atom is -0.384 e. The van der Waals surface area contributed by atoms with E-state index in [4.69, 9.17) is 5.73 Å². The van der Waals surface area contributed by atoms with E-state index in [1.54, 1.807) is 0 Å². The first kappa shape index (κ1) is 11.5. The number of hydrogen-bond donors (Lipinski definition) is 1. The van der Waals surface area contributed by atoms with Crippen LogP contribution in [0.4, 0.5) is 5.82 Å². The van der Waals surface area contributed by atoms with E-state index in [0.717, 1.165) is 31.0 Å². The van der Waals surface area contributed by atoms with Crippen LogP contribution >= 0.6 is 0 Å². The van der Waals surface area contributed by atoms with Gasteiger partial charge in [-0.1, -0.05) is 39.0 Å². The van der Waals surface area contributed by atoms with Crippen LogP contribution < -0.4 is 5.73 Å². The van der Waals surface area contributed by atoms with Crippen molar-refractivity contribution in [2.45, 2.75) is 51.9 Å². The molecule has 3 nitrogen and oxygen atoms in total. The zero-order chi connectivity index (χ0) is 11.5. The van der Waals surface area contributed by atoms with Gasteiger partial charge in [-0.3, -0.25) is 4.68 Å². The molecule has 0 bridgehead atoms. The monoisotopic (exact) mass is 221 g/mol. The van der Waals surface area contributed by atoms with Crippen molar-refractivity contribution in [2.24, 2.45) is 13.0 Å². The van der Waals surface area contributed by atoms with Crippen molar-refractivity contribution < 1.29 is 0 Å². The molecule has 1 aliphatic carbocycles. The van der Waals surface area contributed by atoms with Gasteiger partial charge in [-0.2, -0.15) is 5.10 Å². The maximum atomic E-state index is 6.06. The van der Waals surface area contributed by atoms with Gasteiger partial charge in [-0.15, -0.1) is 0 Å². The minimum absolute atomic E-state index is 0.852. The summed E-state index contributed by atoms with van der Waals surface area (Å²) >= 11 is 0. The molecule has 1 fully saturated rings. The van der Waals surface area contributed by atoms with E-state index in [-0.39, 0.29) is 0 Å². The second-order valence-electron chi connectivity index (χ2n) is 5.04. The molecular formula is C13H23N3. The Morgan fingerprint density at radius 3 is 2.69 bits per heavy atom. The lowest BCUT2D eigenvalue weighted by Crippen LogP contribution is -2.02. The van der Waals surface area contributed by atoms with Crippen LogP contribution in [0.15, 0.2) is 0 Å². The van der Waals surface area contributed by atoms with Crippen molar-refractivity contribution in [3.63, 3.8) is 0 Å². The summed E-state index contributed by atoms with van der Waals surface area (Å²) in [5.74, 6) is 1.72. The van der Waals surface area contributed by atoms with Gasteiger partial charge in [0.05, 0.1) is 5.69 Å². The first-order valence-electron chi connectivity index (χ1n) is 6.52. The van der Waals surface area contributed by atoms with Crippen LogP contribution in [-0.2, 0) is 19.9 Å². The van der Waals surface area contributed by atoms with E-state index in [1.165, 1.54) is 36.9 Å². The third kappa shape index (κ3) is 2.23. The molecule has 1 aliphatic rings. The topological polar surface area (TPSA) is 43.8 Å². The Kier molecular flexibility index (Phi) is 3.52. The fraction of sp³-hybridized carbons (Fsp3) is 0.769. The third-order valence-electron chi connectivity index (χ3n) is 3.73. The molecule has 0 aromatic carbocycles. The number of anilines is 1. The van der Waals surface area contributed by atoms with E-state index in [2.05, 4.69) is 12.0 Å². The second-order valence-corrected chi connectivity index (χ2v) is 5.04. The molecule has 0 saturated heterocycles. The van der Waals surface area contributed by atoms with Gasteiger partial charge < -0.3 is 5.73 Å². The molecule has 0 spiro atoms. The fourth-order valence-corrected chi connectivity index (χ4v) is 2.81. The number of aromatic nitrogens is 2. The van der Waals surface area contributed by atoms with Crippen LogP contribution in [0.1, 0.15) is 50.3 Å². The molecule has 0 radical (unpaired) electrons. The summed E-state index contributed by atoms with van der Waals surface area (Å²) in [5, 5.41) is 4.58. The van der Waals surface area contributed by atoms with Crippen molar-refractivity contribution in [3.05, 3.63) is 11.3 Å². The van der Waals surface area contributed by atoms with E-state index in [0.29, 0.717) is 0 Å². The number of nitrogens with two attached hydrogens (primary N) is 1. The molecule has 3 heteroatoms. The lowest BCUT2D eigenvalue weighted by atomic mass is 9.98. The largest absolute Gasteiger partial charge is 0.384 e. The average molecular weight is 221 g/mol. The maximum Gasteiger partial charge on any atom is 0.124 e. The molecule has 1 aromatic heterocycles. The average Bonchev–Trinajstić information content (AvgIpc) is 2.84. The summed E-state index contributed by atoms with van der Waals surface area (Å²) in [7, 11) is 1.95. The summed E-state index contributed by atoms with van der Waals surface area (Å²) in [4.78, 5) is 0. The highest BCUT2D eigenvalue weighted by atomic mass is 15.3. The number of aryl methyl sites for hydroxylation is 1. The maximum absolute atomic E-state index is 6.06. The van der Waals surface area contributed by atoms with Crippen LogP contribution in [0, 0.1) is 5.92 Å². The molecule has 2 N–H and O–H groups in total. The predicted molar refractivity (Wildman–Crippen MR) is 67.3 cm³/mol. The highest BCUT2D eigenvalue weighted by Crippen LogP contribution is 2.30. The Bertz CT molecular complexity index is 348. The first-order valence-corrected chi connectivity index (χ1v) is 6.52. The molecule has 1 aromatic rings. The van der Waals surface area contributed by atoms with Gasteiger partial charge in [0, 0.05) is 12.6 Å². The molecule has 0 aliphatic heterocycles. The van der Waals surface area contributed by atoms with E-state index < -0.39 is 0 Å². The molecule has 90 valence electrons. The van der Waals surface area contributed by atoms with Gasteiger partial charge in [0.15, 0.2) is 0 Å². The van der Waals surface area contributed by atoms with Gasteiger partial charge in [0.2, 0.25) is 0 Å². The number of rotatable bonds is 4. The second kappa shape index (κ2) is 4.89. The molecule has 0 amide bonds. The van der Waals surface area contributed by atoms with Crippen molar-refractivity contribution in [1.82, 2.24) is 9.78 Å². The summed E-state index contributed by atoms with van der Waals surface area (Å²) in [6.07, 6.45) is 8.91. The van der Waals surface area contributed by atoms with E-state index >= 15 is 0 Å². The molecule has 1 saturated carbocycles. The van der Waals surface area contributed by atoms with E-state index in [1.807, 2.05) is 11.7 Å². The van der Waals surface area contributed by atoms with Crippen molar-refractivity contribution in [2.75, 3.05) is 5.73 Å². The summed E-state index contributed by atoms with van der Waals surface area (Å²) in [5.41, 5.74) is 8.62. The fourth-order valence-electron chi connectivity index (χ4n) is 2.81. The Labute approximate surface area is 98.0 Å². The van der Waals surface area contributed by atoms with Gasteiger partial charge in [-0.25, -0.2) is 0 Å². The lowest BCUT2D eigenvalue weighted by molar-refractivity contribution is 0.531. The molecule has 16 heavy (non-hydrogen) atoms. The Balaban J connectivity index is 2.14. The van der Waals surface area contributed by atoms with Crippen LogP contribution in [0.25, 0.3) is 0 Å². The van der Waals surface area contributed by atoms with Crippen LogP contribution in [-0.4, -0.2) is 9.78 Å². The van der Waals surface area contributed by atoms with Gasteiger partial charge in [0.25, 0.3) is 0 Å². The van der Waals surface area contributed by atoms with Gasteiger partial charge in [0.1, 0.15) is 5.82 Å². The van der Waals surface area contributed by atoms with Crippen LogP contribution in [0.2, 0.25) is 0 Å². The van der Waals surface area contributed by atoms with E-state index in [9.17, 15) is 0 Å². The smallest absolute Gasteiger partial charge is 0.124 e. The molecule has 0 atom stereocenters. The number of nitrogen functional groups attached to an aromatic ring is 1. The van der Waals surface area contributed by atoms with Gasteiger partial charge >= 0.3 is 0 Å². The predicted octanol–water partition coefficient (Wildman–Crippen LogP) is 2.69. The quantitative estimate of drug-likeness (QED) is 0.849. The number of hydrogen-bond acceptors (Lipinski definition) is 2.